The van der Waals surface area contributed by atoms with Crippen LogP contribution in [0, 0.1) is 12.7 Å². The summed E-state index contributed by atoms with van der Waals surface area (Å²) in [5, 5.41) is -0.401. The van der Waals surface area contributed by atoms with Gasteiger partial charge in [0.25, 0.3) is 5.88 Å². The molecule has 15 heavy (non-hydrogen) atoms. The van der Waals surface area contributed by atoms with Crippen molar-refractivity contribution >= 4 is 17.8 Å². The van der Waals surface area contributed by atoms with Gasteiger partial charge in [-0.15, -0.1) is 0 Å². The lowest BCUT2D eigenvalue weighted by molar-refractivity contribution is 0.101. The first-order valence-corrected chi connectivity index (χ1v) is 4.46. The van der Waals surface area contributed by atoms with Crippen LogP contribution >= 0.6 is 11.6 Å². The zero-order valence-corrected chi connectivity index (χ0v) is 8.84. The Morgan fingerprint density at radius 1 is 1.53 bits per heavy atom. The average molecular weight is 235 g/mol. The molecule has 0 spiro atoms. The van der Waals surface area contributed by atoms with Crippen molar-refractivity contribution in [1.82, 2.24) is 9.97 Å². The number of nitrogens with zero attached hydrogens (tertiary/aromatic N) is 2. The Kier molecular flexibility index (Phi) is 3.79. The van der Waals surface area contributed by atoms with E-state index in [0.29, 0.717) is 0 Å². The summed E-state index contributed by atoms with van der Waals surface area (Å²) in [6, 6.07) is 0. The van der Waals surface area contributed by atoms with E-state index >= 15 is 0 Å². The molecule has 0 aromatic carbocycles. The van der Waals surface area contributed by atoms with Crippen LogP contribution in [0.25, 0.3) is 0 Å². The molecule has 0 N–H and O–H groups in total. The maximum Gasteiger partial charge on any atom is 0.515 e. The van der Waals surface area contributed by atoms with Crippen molar-refractivity contribution in [3.05, 3.63) is 16.8 Å². The van der Waals surface area contributed by atoms with E-state index in [1.807, 2.05) is 0 Å². The minimum atomic E-state index is -1.04. The first kappa shape index (κ1) is 11.6. The van der Waals surface area contributed by atoms with Crippen LogP contribution in [-0.4, -0.2) is 22.7 Å². The van der Waals surface area contributed by atoms with E-state index < -0.39 is 23.0 Å². The third-order valence-corrected chi connectivity index (χ3v) is 1.58. The smallest absolute Gasteiger partial charge is 0.434 e. The third-order valence-electron chi connectivity index (χ3n) is 1.33. The SMILES string of the molecule is CCOC(=O)Oc1nc(C)nc(Cl)c1F. The quantitative estimate of drug-likeness (QED) is 0.579. The van der Waals surface area contributed by atoms with Gasteiger partial charge in [0.15, 0.2) is 5.15 Å². The molecule has 0 saturated carbocycles. The second kappa shape index (κ2) is 4.88. The van der Waals surface area contributed by atoms with Gasteiger partial charge >= 0.3 is 6.16 Å². The van der Waals surface area contributed by atoms with Gasteiger partial charge in [-0.3, -0.25) is 0 Å². The molecule has 0 fully saturated rings. The summed E-state index contributed by atoms with van der Waals surface area (Å²) in [5.41, 5.74) is 0. The minimum Gasteiger partial charge on any atom is -0.434 e. The number of aromatic nitrogens is 2. The Morgan fingerprint density at radius 2 is 2.20 bits per heavy atom. The Hall–Kier alpha value is -1.43. The van der Waals surface area contributed by atoms with E-state index in [0.717, 1.165) is 0 Å². The molecule has 1 aromatic rings. The van der Waals surface area contributed by atoms with E-state index in [9.17, 15) is 9.18 Å². The number of ether oxygens (including phenoxy) is 2. The monoisotopic (exact) mass is 234 g/mol. The fourth-order valence-electron chi connectivity index (χ4n) is 0.794. The summed E-state index contributed by atoms with van der Waals surface area (Å²) in [4.78, 5) is 18.0. The molecule has 0 radical (unpaired) electrons. The lowest BCUT2D eigenvalue weighted by atomic mass is 10.5. The number of carbonyl (C=O) groups excluding carboxylic acids is 1. The lowest BCUT2D eigenvalue weighted by Crippen LogP contribution is -2.13. The van der Waals surface area contributed by atoms with E-state index in [1.54, 1.807) is 6.92 Å². The Balaban J connectivity index is 2.89. The van der Waals surface area contributed by atoms with Crippen molar-refractivity contribution in [2.75, 3.05) is 6.61 Å². The summed E-state index contributed by atoms with van der Waals surface area (Å²) < 4.78 is 22.1. The summed E-state index contributed by atoms with van der Waals surface area (Å²) in [6.45, 7) is 3.21. The fraction of sp³-hybridized carbons (Fsp3) is 0.375. The van der Waals surface area contributed by atoms with Gasteiger partial charge in [-0.05, 0) is 13.8 Å². The van der Waals surface area contributed by atoms with Gasteiger partial charge < -0.3 is 9.47 Å². The molecule has 1 rings (SSSR count). The van der Waals surface area contributed by atoms with E-state index in [1.165, 1.54) is 6.92 Å². The molecule has 1 aromatic heterocycles. The highest BCUT2D eigenvalue weighted by Crippen LogP contribution is 2.20. The Labute approximate surface area is 90.2 Å². The highest BCUT2D eigenvalue weighted by molar-refractivity contribution is 6.29. The van der Waals surface area contributed by atoms with E-state index in [2.05, 4.69) is 19.4 Å². The van der Waals surface area contributed by atoms with Crippen molar-refractivity contribution in [2.24, 2.45) is 0 Å². The van der Waals surface area contributed by atoms with Crippen LogP contribution in [-0.2, 0) is 4.74 Å². The minimum absolute atomic E-state index is 0.123. The molecule has 7 heteroatoms. The number of carbonyl (C=O) groups is 1. The predicted molar refractivity (Wildman–Crippen MR) is 49.4 cm³/mol. The summed E-state index contributed by atoms with van der Waals surface area (Å²) >= 11 is 5.42. The van der Waals surface area contributed by atoms with Gasteiger partial charge in [-0.25, -0.2) is 9.78 Å². The Bertz CT molecular complexity index is 386. The van der Waals surface area contributed by atoms with Gasteiger partial charge in [-0.2, -0.15) is 9.37 Å². The van der Waals surface area contributed by atoms with Crippen molar-refractivity contribution in [3.63, 3.8) is 0 Å². The molecule has 0 unspecified atom stereocenters. The van der Waals surface area contributed by atoms with Crippen molar-refractivity contribution in [3.8, 4) is 5.88 Å². The molecule has 0 saturated heterocycles. The van der Waals surface area contributed by atoms with Crippen molar-refractivity contribution < 1.29 is 18.7 Å². The molecule has 0 aliphatic rings. The molecule has 0 aliphatic heterocycles. The summed E-state index contributed by atoms with van der Waals surface area (Å²) in [5.74, 6) is -1.33. The van der Waals surface area contributed by atoms with Crippen LogP contribution in [0.4, 0.5) is 9.18 Å². The number of aryl methyl sites for hydroxylation is 1. The highest BCUT2D eigenvalue weighted by atomic mass is 35.5. The van der Waals surface area contributed by atoms with Gasteiger partial charge in [0, 0.05) is 0 Å². The fourth-order valence-corrected chi connectivity index (χ4v) is 0.997. The molecule has 1 heterocycles. The predicted octanol–water partition coefficient (Wildman–Crippen LogP) is 2.11. The largest absolute Gasteiger partial charge is 0.515 e. The molecule has 0 amide bonds. The maximum absolute atomic E-state index is 13.2. The summed E-state index contributed by atoms with van der Waals surface area (Å²) in [7, 11) is 0. The zero-order valence-electron chi connectivity index (χ0n) is 8.08. The zero-order chi connectivity index (χ0) is 11.4. The highest BCUT2D eigenvalue weighted by Gasteiger charge is 2.16. The van der Waals surface area contributed by atoms with Crippen LogP contribution in [0.2, 0.25) is 5.15 Å². The Morgan fingerprint density at radius 3 is 2.80 bits per heavy atom. The molecule has 0 bridgehead atoms. The number of hydrogen-bond donors (Lipinski definition) is 0. The van der Waals surface area contributed by atoms with Crippen LogP contribution in [0.15, 0.2) is 0 Å². The molecule has 0 aliphatic carbocycles. The summed E-state index contributed by atoms with van der Waals surface area (Å²) in [6.07, 6.45) is -1.04. The first-order valence-electron chi connectivity index (χ1n) is 4.08. The van der Waals surface area contributed by atoms with Crippen LogP contribution in [0.1, 0.15) is 12.7 Å². The first-order chi connectivity index (χ1) is 7.04. The lowest BCUT2D eigenvalue weighted by Gasteiger charge is -2.05. The maximum atomic E-state index is 13.2. The molecular formula is C8H8ClFN2O3. The van der Waals surface area contributed by atoms with E-state index in [-0.39, 0.29) is 12.4 Å². The number of rotatable bonds is 2. The third kappa shape index (κ3) is 3.02. The van der Waals surface area contributed by atoms with Gasteiger partial charge in [0.2, 0.25) is 5.82 Å². The van der Waals surface area contributed by atoms with Crippen molar-refractivity contribution in [1.29, 1.82) is 0 Å². The van der Waals surface area contributed by atoms with Gasteiger partial charge in [0.1, 0.15) is 5.82 Å². The van der Waals surface area contributed by atoms with Gasteiger partial charge in [-0.1, -0.05) is 11.6 Å². The van der Waals surface area contributed by atoms with Crippen molar-refractivity contribution in [2.45, 2.75) is 13.8 Å². The second-order valence-electron chi connectivity index (χ2n) is 2.47. The van der Waals surface area contributed by atoms with E-state index in [4.69, 9.17) is 11.6 Å². The second-order valence-corrected chi connectivity index (χ2v) is 2.82. The van der Waals surface area contributed by atoms with Crippen LogP contribution in [0.3, 0.4) is 0 Å². The molecular weight excluding hydrogens is 227 g/mol. The topological polar surface area (TPSA) is 61.3 Å². The normalized spacial score (nSPS) is 9.87. The standard InChI is InChI=1S/C8H8ClFN2O3/c1-3-14-8(13)15-7-5(10)6(9)11-4(2)12-7/h3H2,1-2H3. The number of halogens is 2. The molecule has 0 atom stereocenters. The van der Waals surface area contributed by atoms with Gasteiger partial charge in [0.05, 0.1) is 6.61 Å². The molecule has 82 valence electrons. The van der Waals surface area contributed by atoms with Crippen LogP contribution < -0.4 is 4.74 Å². The van der Waals surface area contributed by atoms with Crippen LogP contribution in [0.5, 0.6) is 5.88 Å². The molecule has 5 nitrogen and oxygen atoms in total. The average Bonchev–Trinajstić information content (AvgIpc) is 2.13. The number of hydrogen-bond acceptors (Lipinski definition) is 5.